The van der Waals surface area contributed by atoms with Crippen molar-refractivity contribution in [2.75, 3.05) is 0 Å². The van der Waals surface area contributed by atoms with E-state index in [4.69, 9.17) is 0 Å². The van der Waals surface area contributed by atoms with Crippen molar-refractivity contribution in [3.63, 3.8) is 0 Å². The van der Waals surface area contributed by atoms with Gasteiger partial charge in [-0.1, -0.05) is 65.8 Å². The van der Waals surface area contributed by atoms with Crippen LogP contribution < -0.4 is 0 Å². The molecule has 2 atom stereocenters. The van der Waals surface area contributed by atoms with E-state index in [9.17, 15) is 0 Å². The molecule has 0 aliphatic rings. The maximum atomic E-state index is 3.15. The molecule has 2 heteroatoms. The second-order valence-electron chi connectivity index (χ2n) is 7.21. The maximum Gasteiger partial charge on any atom is 0.0194 e. The largest absolute Gasteiger partial charge is 0.133 e. The van der Waals surface area contributed by atoms with Gasteiger partial charge in [0.05, 0.1) is 0 Å². The Kier molecular flexibility index (Phi) is 4.68. The van der Waals surface area contributed by atoms with Gasteiger partial charge in [0.1, 0.15) is 0 Å². The topological polar surface area (TPSA) is 0 Å². The fourth-order valence-electron chi connectivity index (χ4n) is 2.89. The lowest BCUT2D eigenvalue weighted by Crippen LogP contribution is -2.45. The van der Waals surface area contributed by atoms with E-state index in [1.165, 1.54) is 11.1 Å². The second-order valence-corrected chi connectivity index (χ2v) is 8.48. The fraction of sp³-hybridized carbons (Fsp3) is 0.625. The van der Waals surface area contributed by atoms with Crippen molar-refractivity contribution in [2.45, 2.75) is 52.9 Å². The smallest absolute Gasteiger partial charge is 0.0194 e. The molecule has 1 aromatic carbocycles. The molecule has 0 aliphatic heterocycles. The molecule has 0 saturated carbocycles. The van der Waals surface area contributed by atoms with Gasteiger partial charge in [0.2, 0.25) is 0 Å². The minimum absolute atomic E-state index is 0.0689. The van der Waals surface area contributed by atoms with Gasteiger partial charge in [0, 0.05) is 5.16 Å². The van der Waals surface area contributed by atoms with Gasteiger partial charge < -0.3 is 0 Å². The SMILES string of the molecule is CC(C)(C)C(P)(c1ccc(CP)cc1)C(C)(C)C. The Hall–Kier alpha value is 0.0800. The third-order valence-corrected chi connectivity index (χ3v) is 6.55. The third-order valence-electron chi connectivity index (χ3n) is 4.01. The normalized spacial score (nSPS) is 13.8. The van der Waals surface area contributed by atoms with Gasteiger partial charge in [-0.25, -0.2) is 0 Å². The molecule has 1 aromatic rings. The van der Waals surface area contributed by atoms with E-state index >= 15 is 0 Å². The summed E-state index contributed by atoms with van der Waals surface area (Å²) in [6.45, 7) is 14.0. The molecule has 0 N–H and O–H groups in total. The minimum Gasteiger partial charge on any atom is -0.133 e. The molecule has 2 unspecified atom stereocenters. The molecule has 0 spiro atoms. The number of hydrogen-bond donors (Lipinski definition) is 0. The Morgan fingerprint density at radius 3 is 1.50 bits per heavy atom. The quantitative estimate of drug-likeness (QED) is 0.652. The molecule has 0 bridgehead atoms. The van der Waals surface area contributed by atoms with Crippen molar-refractivity contribution >= 4 is 18.5 Å². The summed E-state index contributed by atoms with van der Waals surface area (Å²) in [6, 6.07) is 9.09. The monoisotopic (exact) mass is 282 g/mol. The van der Waals surface area contributed by atoms with E-state index in [-0.39, 0.29) is 16.0 Å². The third kappa shape index (κ3) is 2.81. The van der Waals surface area contributed by atoms with Gasteiger partial charge in [-0.2, -0.15) is 0 Å². The zero-order valence-corrected chi connectivity index (χ0v) is 15.0. The van der Waals surface area contributed by atoms with E-state index < -0.39 is 0 Å². The summed E-state index contributed by atoms with van der Waals surface area (Å²) in [7, 11) is 5.93. The molecule has 1 rings (SSSR count). The first kappa shape index (κ1) is 16.1. The van der Waals surface area contributed by atoms with Gasteiger partial charge in [-0.3, -0.25) is 0 Å². The van der Waals surface area contributed by atoms with Crippen LogP contribution >= 0.6 is 18.5 Å². The van der Waals surface area contributed by atoms with Crippen molar-refractivity contribution in [1.82, 2.24) is 0 Å². The summed E-state index contributed by atoms with van der Waals surface area (Å²) in [5.74, 6) is 0. The summed E-state index contributed by atoms with van der Waals surface area (Å²) >= 11 is 0. The van der Waals surface area contributed by atoms with Crippen LogP contribution in [0.25, 0.3) is 0 Å². The Bertz CT molecular complexity index is 377. The van der Waals surface area contributed by atoms with Crippen LogP contribution in [0.5, 0.6) is 0 Å². The molecule has 0 saturated heterocycles. The highest BCUT2D eigenvalue weighted by Crippen LogP contribution is 2.57. The molecule has 0 radical (unpaired) electrons. The molecular weight excluding hydrogens is 254 g/mol. The summed E-state index contributed by atoms with van der Waals surface area (Å²) in [5.41, 5.74) is 3.17. The molecule has 0 nitrogen and oxygen atoms in total. The second kappa shape index (κ2) is 5.22. The van der Waals surface area contributed by atoms with Crippen LogP contribution in [-0.4, -0.2) is 0 Å². The van der Waals surface area contributed by atoms with Gasteiger partial charge in [-0.05, 0) is 28.1 Å². The lowest BCUT2D eigenvalue weighted by atomic mass is 9.62. The van der Waals surface area contributed by atoms with Crippen LogP contribution in [0.2, 0.25) is 0 Å². The standard InChI is InChI=1S/C16H28P2/c1-14(2,3)16(18,15(4,5)6)13-9-7-12(11-17)8-10-13/h7-10H,11,17-18H2,1-6H3. The van der Waals surface area contributed by atoms with Crippen LogP contribution in [0.3, 0.4) is 0 Å². The summed E-state index contributed by atoms with van der Waals surface area (Å²) in [5, 5.41) is 0.0689. The molecule has 18 heavy (non-hydrogen) atoms. The van der Waals surface area contributed by atoms with Crippen molar-refractivity contribution < 1.29 is 0 Å². The molecule has 0 heterocycles. The van der Waals surface area contributed by atoms with Crippen molar-refractivity contribution in [3.05, 3.63) is 35.4 Å². The Balaban J connectivity index is 3.36. The highest BCUT2D eigenvalue weighted by molar-refractivity contribution is 7.18. The maximum absolute atomic E-state index is 3.15. The summed E-state index contributed by atoms with van der Waals surface area (Å²) in [6.07, 6.45) is 1.02. The average Bonchev–Trinajstić information content (AvgIpc) is 2.25. The van der Waals surface area contributed by atoms with Crippen LogP contribution in [0.1, 0.15) is 52.7 Å². The average molecular weight is 282 g/mol. The summed E-state index contributed by atoms with van der Waals surface area (Å²) < 4.78 is 0. The predicted molar refractivity (Wildman–Crippen MR) is 90.2 cm³/mol. The Labute approximate surface area is 118 Å². The molecule has 0 aliphatic carbocycles. The van der Waals surface area contributed by atoms with Gasteiger partial charge >= 0.3 is 0 Å². The zero-order chi connectivity index (χ0) is 14.2. The number of rotatable bonds is 2. The first-order valence-corrected chi connectivity index (χ1v) is 8.02. The van der Waals surface area contributed by atoms with E-state index in [1.54, 1.807) is 0 Å². The van der Waals surface area contributed by atoms with E-state index in [0.29, 0.717) is 0 Å². The number of hydrogen-bond acceptors (Lipinski definition) is 0. The first-order valence-electron chi connectivity index (χ1n) is 6.62. The van der Waals surface area contributed by atoms with Gasteiger partial charge in [0.25, 0.3) is 0 Å². The molecule has 0 aromatic heterocycles. The van der Waals surface area contributed by atoms with Crippen LogP contribution in [0.4, 0.5) is 0 Å². The lowest BCUT2D eigenvalue weighted by molar-refractivity contribution is 0.140. The summed E-state index contributed by atoms with van der Waals surface area (Å²) in [4.78, 5) is 0. The van der Waals surface area contributed by atoms with E-state index in [2.05, 4.69) is 84.3 Å². The Morgan fingerprint density at radius 2 is 1.22 bits per heavy atom. The van der Waals surface area contributed by atoms with Crippen LogP contribution in [0, 0.1) is 10.8 Å². The van der Waals surface area contributed by atoms with Crippen molar-refractivity contribution in [3.8, 4) is 0 Å². The van der Waals surface area contributed by atoms with Crippen LogP contribution in [0.15, 0.2) is 24.3 Å². The molecular formula is C16H28P2. The first-order chi connectivity index (χ1) is 8.04. The number of benzene rings is 1. The predicted octanol–water partition coefficient (Wildman–Crippen LogP) is 5.22. The zero-order valence-electron chi connectivity index (χ0n) is 12.7. The lowest BCUT2D eigenvalue weighted by Gasteiger charge is -2.51. The van der Waals surface area contributed by atoms with Crippen molar-refractivity contribution in [2.24, 2.45) is 10.8 Å². The highest BCUT2D eigenvalue weighted by atomic mass is 31.0. The molecule has 0 amide bonds. The fourth-order valence-corrected chi connectivity index (χ4v) is 3.36. The Morgan fingerprint density at radius 1 is 0.833 bits per heavy atom. The molecule has 0 fully saturated rings. The van der Waals surface area contributed by atoms with Gasteiger partial charge in [-0.15, -0.1) is 18.5 Å². The van der Waals surface area contributed by atoms with Gasteiger partial charge in [0.15, 0.2) is 0 Å². The highest BCUT2D eigenvalue weighted by Gasteiger charge is 2.47. The van der Waals surface area contributed by atoms with E-state index in [0.717, 1.165) is 6.16 Å². The van der Waals surface area contributed by atoms with Crippen molar-refractivity contribution in [1.29, 1.82) is 0 Å². The molecule has 102 valence electrons. The van der Waals surface area contributed by atoms with Crippen LogP contribution in [-0.2, 0) is 11.3 Å². The minimum atomic E-state index is 0.0689. The van der Waals surface area contributed by atoms with E-state index in [1.807, 2.05) is 0 Å².